The molecular formula is C15H19N3O2. The Hall–Kier alpha value is -2.30. The molecule has 0 saturated carbocycles. The lowest BCUT2D eigenvalue weighted by molar-refractivity contribution is -0.116. The third kappa shape index (κ3) is 3.17. The molecule has 20 heavy (non-hydrogen) atoms. The Bertz CT molecular complexity index is 632. The third-order valence-corrected chi connectivity index (χ3v) is 3.03. The number of nitrogens with zero attached hydrogens (tertiary/aromatic N) is 2. The van der Waals surface area contributed by atoms with Crippen molar-refractivity contribution in [1.82, 2.24) is 9.78 Å². The second kappa shape index (κ2) is 5.77. The van der Waals surface area contributed by atoms with Crippen molar-refractivity contribution < 1.29 is 9.53 Å². The molecule has 0 aliphatic carbocycles. The highest BCUT2D eigenvalue weighted by Crippen LogP contribution is 2.25. The zero-order valence-corrected chi connectivity index (χ0v) is 12.2. The van der Waals surface area contributed by atoms with E-state index in [1.165, 1.54) is 0 Å². The minimum absolute atomic E-state index is 0.125. The van der Waals surface area contributed by atoms with E-state index in [0.29, 0.717) is 11.4 Å². The van der Waals surface area contributed by atoms with Crippen LogP contribution >= 0.6 is 0 Å². The number of rotatable bonds is 4. The number of hydrogen-bond acceptors (Lipinski definition) is 3. The van der Waals surface area contributed by atoms with Crippen molar-refractivity contribution in [2.24, 2.45) is 0 Å². The van der Waals surface area contributed by atoms with Gasteiger partial charge in [0, 0.05) is 5.69 Å². The van der Waals surface area contributed by atoms with Gasteiger partial charge in [-0.15, -0.1) is 0 Å². The van der Waals surface area contributed by atoms with Crippen LogP contribution in [-0.2, 0) is 11.3 Å². The Balaban J connectivity index is 2.12. The Morgan fingerprint density at radius 1 is 1.30 bits per heavy atom. The molecule has 0 bridgehead atoms. The van der Waals surface area contributed by atoms with E-state index in [0.717, 1.165) is 17.0 Å². The first-order valence-corrected chi connectivity index (χ1v) is 6.45. The van der Waals surface area contributed by atoms with Crippen LogP contribution in [0.2, 0.25) is 0 Å². The summed E-state index contributed by atoms with van der Waals surface area (Å²) in [6.07, 6.45) is 0. The van der Waals surface area contributed by atoms with Gasteiger partial charge in [0.05, 0.1) is 18.5 Å². The molecule has 5 heteroatoms. The molecule has 2 rings (SSSR count). The van der Waals surface area contributed by atoms with Crippen molar-refractivity contribution in [2.75, 3.05) is 12.4 Å². The second-order valence-electron chi connectivity index (χ2n) is 4.84. The van der Waals surface area contributed by atoms with Gasteiger partial charge in [-0.2, -0.15) is 5.10 Å². The quantitative estimate of drug-likeness (QED) is 0.931. The molecule has 5 nitrogen and oxygen atoms in total. The summed E-state index contributed by atoms with van der Waals surface area (Å²) < 4.78 is 6.93. The predicted molar refractivity (Wildman–Crippen MR) is 78.1 cm³/mol. The van der Waals surface area contributed by atoms with Gasteiger partial charge in [0.1, 0.15) is 12.3 Å². The van der Waals surface area contributed by atoms with Crippen molar-refractivity contribution in [2.45, 2.75) is 27.3 Å². The third-order valence-electron chi connectivity index (χ3n) is 3.03. The summed E-state index contributed by atoms with van der Waals surface area (Å²) in [6.45, 7) is 6.00. The molecule has 106 valence electrons. The summed E-state index contributed by atoms with van der Waals surface area (Å²) in [5, 5.41) is 7.14. The monoisotopic (exact) mass is 273 g/mol. The van der Waals surface area contributed by atoms with Crippen LogP contribution in [0.4, 0.5) is 5.69 Å². The van der Waals surface area contributed by atoms with E-state index in [2.05, 4.69) is 10.4 Å². The van der Waals surface area contributed by atoms with Gasteiger partial charge in [0.25, 0.3) is 0 Å². The lowest BCUT2D eigenvalue weighted by Crippen LogP contribution is -2.20. The number of aryl methyl sites for hydroxylation is 3. The van der Waals surface area contributed by atoms with Gasteiger partial charge in [-0.25, -0.2) is 0 Å². The number of hydrogen-bond donors (Lipinski definition) is 1. The highest BCUT2D eigenvalue weighted by molar-refractivity contribution is 5.92. The van der Waals surface area contributed by atoms with Gasteiger partial charge in [-0.3, -0.25) is 9.48 Å². The van der Waals surface area contributed by atoms with Crippen LogP contribution in [0.1, 0.15) is 17.0 Å². The number of amides is 1. The van der Waals surface area contributed by atoms with Crippen LogP contribution in [0.3, 0.4) is 0 Å². The largest absolute Gasteiger partial charge is 0.495 e. The van der Waals surface area contributed by atoms with Crippen molar-refractivity contribution in [3.8, 4) is 5.75 Å². The number of anilines is 1. The van der Waals surface area contributed by atoms with Crippen molar-refractivity contribution in [1.29, 1.82) is 0 Å². The Kier molecular flexibility index (Phi) is 4.08. The van der Waals surface area contributed by atoms with Gasteiger partial charge >= 0.3 is 0 Å². The van der Waals surface area contributed by atoms with Crippen LogP contribution in [-0.4, -0.2) is 22.8 Å². The molecule has 0 aliphatic rings. The lowest BCUT2D eigenvalue weighted by Gasteiger charge is -2.11. The standard InChI is InChI=1S/C15H19N3O2/c1-10-5-6-14(20-4)13(7-10)16-15(19)9-18-12(3)8-11(2)17-18/h5-8H,9H2,1-4H3,(H,16,19). The highest BCUT2D eigenvalue weighted by Gasteiger charge is 2.10. The van der Waals surface area contributed by atoms with Crippen LogP contribution in [0.5, 0.6) is 5.75 Å². The second-order valence-corrected chi connectivity index (χ2v) is 4.84. The molecule has 0 unspecified atom stereocenters. The number of carbonyl (C=O) groups excluding carboxylic acids is 1. The minimum Gasteiger partial charge on any atom is -0.495 e. The molecule has 1 aromatic carbocycles. The minimum atomic E-state index is -0.125. The zero-order valence-electron chi connectivity index (χ0n) is 12.2. The number of benzene rings is 1. The summed E-state index contributed by atoms with van der Waals surface area (Å²) in [5.74, 6) is 0.525. The average Bonchev–Trinajstić information content (AvgIpc) is 2.68. The number of nitrogens with one attached hydrogen (secondary N) is 1. The molecule has 0 spiro atoms. The molecule has 1 heterocycles. The fraction of sp³-hybridized carbons (Fsp3) is 0.333. The molecular weight excluding hydrogens is 254 g/mol. The molecule has 2 aromatic rings. The summed E-state index contributed by atoms with van der Waals surface area (Å²) >= 11 is 0. The van der Waals surface area contributed by atoms with E-state index in [1.54, 1.807) is 11.8 Å². The van der Waals surface area contributed by atoms with E-state index in [1.807, 2.05) is 45.0 Å². The molecule has 0 radical (unpaired) electrons. The van der Waals surface area contributed by atoms with E-state index in [9.17, 15) is 4.79 Å². The topological polar surface area (TPSA) is 56.1 Å². The van der Waals surface area contributed by atoms with E-state index in [4.69, 9.17) is 4.74 Å². The zero-order chi connectivity index (χ0) is 14.7. The average molecular weight is 273 g/mol. The first kappa shape index (κ1) is 14.1. The van der Waals surface area contributed by atoms with E-state index in [-0.39, 0.29) is 12.5 Å². The molecule has 0 saturated heterocycles. The number of ether oxygens (including phenoxy) is 1. The first-order chi connectivity index (χ1) is 9.49. The molecule has 1 N–H and O–H groups in total. The van der Waals surface area contributed by atoms with Crippen molar-refractivity contribution in [3.63, 3.8) is 0 Å². The summed E-state index contributed by atoms with van der Waals surface area (Å²) in [7, 11) is 1.58. The molecule has 0 atom stereocenters. The van der Waals surface area contributed by atoms with Gasteiger partial charge in [-0.1, -0.05) is 6.07 Å². The molecule has 0 fully saturated rings. The normalized spacial score (nSPS) is 10.4. The van der Waals surface area contributed by atoms with E-state index >= 15 is 0 Å². The number of carbonyl (C=O) groups is 1. The maximum atomic E-state index is 12.1. The molecule has 1 aromatic heterocycles. The van der Waals surface area contributed by atoms with Crippen molar-refractivity contribution >= 4 is 11.6 Å². The fourth-order valence-electron chi connectivity index (χ4n) is 2.08. The number of aromatic nitrogens is 2. The number of methoxy groups -OCH3 is 1. The van der Waals surface area contributed by atoms with Gasteiger partial charge in [0.15, 0.2) is 0 Å². The Labute approximate surface area is 118 Å². The smallest absolute Gasteiger partial charge is 0.246 e. The Morgan fingerprint density at radius 3 is 2.65 bits per heavy atom. The summed E-state index contributed by atoms with van der Waals surface area (Å²) in [6, 6.07) is 7.61. The first-order valence-electron chi connectivity index (χ1n) is 6.45. The van der Waals surface area contributed by atoms with Gasteiger partial charge in [0.2, 0.25) is 5.91 Å². The van der Waals surface area contributed by atoms with Crippen LogP contribution < -0.4 is 10.1 Å². The fourth-order valence-corrected chi connectivity index (χ4v) is 2.08. The molecule has 0 aliphatic heterocycles. The van der Waals surface area contributed by atoms with E-state index < -0.39 is 0 Å². The SMILES string of the molecule is COc1ccc(C)cc1NC(=O)Cn1nc(C)cc1C. The summed E-state index contributed by atoms with van der Waals surface area (Å²) in [4.78, 5) is 12.1. The van der Waals surface area contributed by atoms with Crippen LogP contribution in [0.25, 0.3) is 0 Å². The van der Waals surface area contributed by atoms with Crippen LogP contribution in [0, 0.1) is 20.8 Å². The predicted octanol–water partition coefficient (Wildman–Crippen LogP) is 2.46. The maximum absolute atomic E-state index is 12.1. The summed E-state index contributed by atoms with van der Waals surface area (Å²) in [5.41, 5.74) is 3.61. The van der Waals surface area contributed by atoms with Crippen molar-refractivity contribution in [3.05, 3.63) is 41.2 Å². The maximum Gasteiger partial charge on any atom is 0.246 e. The Morgan fingerprint density at radius 2 is 2.05 bits per heavy atom. The van der Waals surface area contributed by atoms with Gasteiger partial charge in [-0.05, 0) is 44.5 Å². The highest BCUT2D eigenvalue weighted by atomic mass is 16.5. The molecule has 1 amide bonds. The lowest BCUT2D eigenvalue weighted by atomic mass is 10.2. The van der Waals surface area contributed by atoms with Crippen LogP contribution in [0.15, 0.2) is 24.3 Å². The van der Waals surface area contributed by atoms with Gasteiger partial charge < -0.3 is 10.1 Å².